The summed E-state index contributed by atoms with van der Waals surface area (Å²) in [6.45, 7) is 8.91. The molecule has 2 rings (SSSR count). The number of esters is 1. The maximum Gasteiger partial charge on any atom is 0.337 e. The number of nitrogens with one attached hydrogen (secondary N) is 1. The number of carbonyl (C=O) groups is 2. The van der Waals surface area contributed by atoms with Crippen molar-refractivity contribution in [2.45, 2.75) is 51.1 Å². The number of benzene rings is 1. The summed E-state index contributed by atoms with van der Waals surface area (Å²) in [5.41, 5.74) is 0.559. The van der Waals surface area contributed by atoms with Crippen molar-refractivity contribution >= 4 is 34.5 Å². The van der Waals surface area contributed by atoms with Crippen LogP contribution in [0.4, 0.5) is 0 Å². The smallest absolute Gasteiger partial charge is 0.337 e. The van der Waals surface area contributed by atoms with E-state index < -0.39 is 11.2 Å². The van der Waals surface area contributed by atoms with Gasteiger partial charge in [0.15, 0.2) is 5.16 Å². The van der Waals surface area contributed by atoms with E-state index >= 15 is 0 Å². The number of hydrogen-bond donors (Lipinski definition) is 1. The van der Waals surface area contributed by atoms with Gasteiger partial charge in [-0.2, -0.15) is 0 Å². The van der Waals surface area contributed by atoms with Crippen molar-refractivity contribution in [2.24, 2.45) is 5.92 Å². The molecule has 8 heteroatoms. The standard InChI is InChI=1S/C20H27N3O4S/c1-6-9-21-17(24)13(4)28-20-22-16-10-14(19(26)27-5)7-8-15(16)18(25)23(20)11-12(2)3/h7-8,10,12-13H,6,9,11H2,1-5H3,(H,21,24)/t13-/m0/s1. The Hall–Kier alpha value is -2.35. The lowest BCUT2D eigenvalue weighted by molar-refractivity contribution is -0.120. The normalized spacial score (nSPS) is 12.2. The fourth-order valence-corrected chi connectivity index (χ4v) is 3.61. The number of hydrogen-bond acceptors (Lipinski definition) is 6. The number of fused-ring (bicyclic) bond motifs is 1. The molecule has 0 unspecified atom stereocenters. The molecule has 1 aromatic carbocycles. The second-order valence-corrected chi connectivity index (χ2v) is 8.29. The fraction of sp³-hybridized carbons (Fsp3) is 0.500. The largest absolute Gasteiger partial charge is 0.465 e. The lowest BCUT2D eigenvalue weighted by atomic mass is 10.1. The van der Waals surface area contributed by atoms with Crippen LogP contribution < -0.4 is 10.9 Å². The second-order valence-electron chi connectivity index (χ2n) is 6.98. The van der Waals surface area contributed by atoms with Gasteiger partial charge in [0, 0.05) is 13.1 Å². The molecule has 1 atom stereocenters. The molecule has 1 amide bonds. The molecular formula is C20H27N3O4S. The Balaban J connectivity index is 2.52. The first-order valence-electron chi connectivity index (χ1n) is 9.35. The van der Waals surface area contributed by atoms with E-state index in [1.807, 2.05) is 20.8 Å². The predicted molar refractivity (Wildman–Crippen MR) is 111 cm³/mol. The number of amides is 1. The van der Waals surface area contributed by atoms with Gasteiger partial charge in [-0.15, -0.1) is 0 Å². The van der Waals surface area contributed by atoms with Gasteiger partial charge in [0.1, 0.15) is 0 Å². The quantitative estimate of drug-likeness (QED) is 0.413. The molecule has 0 fully saturated rings. The van der Waals surface area contributed by atoms with Crippen molar-refractivity contribution in [3.05, 3.63) is 34.1 Å². The van der Waals surface area contributed by atoms with Gasteiger partial charge < -0.3 is 10.1 Å². The molecule has 0 aliphatic heterocycles. The highest BCUT2D eigenvalue weighted by Crippen LogP contribution is 2.24. The van der Waals surface area contributed by atoms with Gasteiger partial charge in [0.05, 0.1) is 28.8 Å². The molecule has 0 aliphatic carbocycles. The zero-order valence-electron chi connectivity index (χ0n) is 16.9. The molecule has 0 radical (unpaired) electrons. The van der Waals surface area contributed by atoms with E-state index in [2.05, 4.69) is 10.3 Å². The van der Waals surface area contributed by atoms with Crippen LogP contribution in [0.15, 0.2) is 28.2 Å². The van der Waals surface area contributed by atoms with Gasteiger partial charge in [-0.05, 0) is 37.5 Å². The highest BCUT2D eigenvalue weighted by Gasteiger charge is 2.20. The van der Waals surface area contributed by atoms with E-state index in [1.54, 1.807) is 29.7 Å². The first kappa shape index (κ1) is 21.9. The van der Waals surface area contributed by atoms with Gasteiger partial charge >= 0.3 is 5.97 Å². The van der Waals surface area contributed by atoms with E-state index in [-0.39, 0.29) is 17.4 Å². The molecule has 0 saturated carbocycles. The number of nitrogens with zero attached hydrogens (tertiary/aromatic N) is 2. The molecule has 2 aromatic rings. The van der Waals surface area contributed by atoms with Crippen molar-refractivity contribution < 1.29 is 14.3 Å². The molecule has 7 nitrogen and oxygen atoms in total. The van der Waals surface area contributed by atoms with Crippen molar-refractivity contribution in [3.63, 3.8) is 0 Å². The summed E-state index contributed by atoms with van der Waals surface area (Å²) in [6, 6.07) is 4.71. The van der Waals surface area contributed by atoms with Crippen LogP contribution in [0.5, 0.6) is 0 Å². The highest BCUT2D eigenvalue weighted by molar-refractivity contribution is 8.00. The van der Waals surface area contributed by atoms with Crippen LogP contribution in [0.1, 0.15) is 44.5 Å². The van der Waals surface area contributed by atoms with E-state index in [0.29, 0.717) is 34.7 Å². The van der Waals surface area contributed by atoms with Gasteiger partial charge in [0.25, 0.3) is 5.56 Å². The van der Waals surface area contributed by atoms with E-state index in [9.17, 15) is 14.4 Å². The van der Waals surface area contributed by atoms with Gasteiger partial charge in [-0.3, -0.25) is 14.2 Å². The minimum absolute atomic E-state index is 0.0967. The summed E-state index contributed by atoms with van der Waals surface area (Å²) in [4.78, 5) is 41.7. The van der Waals surface area contributed by atoms with Crippen LogP contribution >= 0.6 is 11.8 Å². The van der Waals surface area contributed by atoms with Gasteiger partial charge in [-0.25, -0.2) is 9.78 Å². The summed E-state index contributed by atoms with van der Waals surface area (Å²) in [5, 5.41) is 3.35. The zero-order valence-corrected chi connectivity index (χ0v) is 17.8. The SMILES string of the molecule is CCCNC(=O)[C@H](C)Sc1nc2cc(C(=O)OC)ccc2c(=O)n1CC(C)C. The molecule has 28 heavy (non-hydrogen) atoms. The average molecular weight is 406 g/mol. The summed E-state index contributed by atoms with van der Waals surface area (Å²) in [6.07, 6.45) is 0.853. The summed E-state index contributed by atoms with van der Waals surface area (Å²) in [7, 11) is 1.30. The van der Waals surface area contributed by atoms with Crippen LogP contribution in [0, 0.1) is 5.92 Å². The lowest BCUT2D eigenvalue weighted by Gasteiger charge is -2.17. The van der Waals surface area contributed by atoms with Crippen molar-refractivity contribution in [2.75, 3.05) is 13.7 Å². The molecule has 1 aromatic heterocycles. The van der Waals surface area contributed by atoms with E-state index in [4.69, 9.17) is 4.74 Å². The highest BCUT2D eigenvalue weighted by atomic mass is 32.2. The van der Waals surface area contributed by atoms with Crippen LogP contribution in [0.2, 0.25) is 0 Å². The molecule has 152 valence electrons. The maximum atomic E-state index is 13.1. The Morgan fingerprint density at radius 3 is 2.61 bits per heavy atom. The summed E-state index contributed by atoms with van der Waals surface area (Å²) < 4.78 is 6.36. The maximum absolute atomic E-state index is 13.1. The van der Waals surface area contributed by atoms with Crippen molar-refractivity contribution in [1.82, 2.24) is 14.9 Å². The third kappa shape index (κ3) is 5.13. The Morgan fingerprint density at radius 2 is 2.00 bits per heavy atom. The minimum atomic E-state index is -0.489. The molecular weight excluding hydrogens is 378 g/mol. The Morgan fingerprint density at radius 1 is 1.29 bits per heavy atom. The number of rotatable bonds is 8. The van der Waals surface area contributed by atoms with Crippen LogP contribution in [-0.4, -0.2) is 40.3 Å². The second kappa shape index (κ2) is 9.73. The minimum Gasteiger partial charge on any atom is -0.465 e. The third-order valence-corrected chi connectivity index (χ3v) is 5.18. The molecule has 1 heterocycles. The monoisotopic (exact) mass is 405 g/mol. The van der Waals surface area contributed by atoms with Gasteiger partial charge in [0.2, 0.25) is 5.91 Å². The van der Waals surface area contributed by atoms with E-state index in [0.717, 1.165) is 6.42 Å². The number of aromatic nitrogens is 2. The molecule has 0 bridgehead atoms. The fourth-order valence-electron chi connectivity index (χ4n) is 2.67. The molecule has 0 spiro atoms. The molecule has 1 N–H and O–H groups in total. The Bertz CT molecular complexity index is 924. The topological polar surface area (TPSA) is 90.3 Å². The summed E-state index contributed by atoms with van der Waals surface area (Å²) in [5.74, 6) is -0.355. The predicted octanol–water partition coefficient (Wildman–Crippen LogP) is 2.85. The third-order valence-electron chi connectivity index (χ3n) is 4.09. The number of ether oxygens (including phenoxy) is 1. The summed E-state index contributed by atoms with van der Waals surface area (Å²) >= 11 is 1.24. The molecule has 0 saturated heterocycles. The van der Waals surface area contributed by atoms with Crippen LogP contribution in [-0.2, 0) is 16.1 Å². The van der Waals surface area contributed by atoms with Crippen LogP contribution in [0.25, 0.3) is 10.9 Å². The Kier molecular flexibility index (Phi) is 7.62. The Labute approximate surface area is 168 Å². The van der Waals surface area contributed by atoms with Gasteiger partial charge in [-0.1, -0.05) is 32.5 Å². The number of carbonyl (C=O) groups excluding carboxylic acids is 2. The molecule has 0 aliphatic rings. The van der Waals surface area contributed by atoms with E-state index in [1.165, 1.54) is 18.9 Å². The average Bonchev–Trinajstić information content (AvgIpc) is 2.67. The zero-order chi connectivity index (χ0) is 20.8. The number of thioether (sulfide) groups is 1. The first-order valence-corrected chi connectivity index (χ1v) is 10.2. The van der Waals surface area contributed by atoms with Crippen molar-refractivity contribution in [3.8, 4) is 0 Å². The lowest BCUT2D eigenvalue weighted by Crippen LogP contribution is -2.32. The van der Waals surface area contributed by atoms with Crippen molar-refractivity contribution in [1.29, 1.82) is 0 Å². The first-order chi connectivity index (χ1) is 13.3. The van der Waals surface area contributed by atoms with Crippen LogP contribution in [0.3, 0.4) is 0 Å². The number of methoxy groups -OCH3 is 1.